The van der Waals surface area contributed by atoms with Gasteiger partial charge in [0, 0.05) is 18.5 Å². The molecule has 0 bridgehead atoms. The minimum absolute atomic E-state index is 0.00502. The van der Waals surface area contributed by atoms with Crippen molar-refractivity contribution in [2.75, 3.05) is 12.3 Å². The summed E-state index contributed by atoms with van der Waals surface area (Å²) in [6.45, 7) is 3.54. The summed E-state index contributed by atoms with van der Waals surface area (Å²) in [6, 6.07) is 4.33. The van der Waals surface area contributed by atoms with Crippen LogP contribution < -0.4 is 11.1 Å². The molecule has 0 spiro atoms. The monoisotopic (exact) mass is 302 g/mol. The predicted molar refractivity (Wildman–Crippen MR) is 74.3 cm³/mol. The number of hydrogen-bond donors (Lipinski definition) is 2. The SMILES string of the molecule is CC(CS(=O)(=O)c1ccc(F)cc1)C(=O)N[C@@H](C)CN. The molecule has 0 fully saturated rings. The molecule has 2 atom stereocenters. The Morgan fingerprint density at radius 3 is 2.35 bits per heavy atom. The smallest absolute Gasteiger partial charge is 0.224 e. The topological polar surface area (TPSA) is 89.3 Å². The zero-order valence-corrected chi connectivity index (χ0v) is 12.3. The molecular formula is C13H19FN2O3S. The van der Waals surface area contributed by atoms with Gasteiger partial charge in [0.25, 0.3) is 0 Å². The molecule has 1 aromatic carbocycles. The van der Waals surface area contributed by atoms with E-state index in [0.717, 1.165) is 12.1 Å². The van der Waals surface area contributed by atoms with Gasteiger partial charge in [0.15, 0.2) is 9.84 Å². The number of hydrogen-bond acceptors (Lipinski definition) is 4. The molecule has 1 amide bonds. The average molecular weight is 302 g/mol. The van der Waals surface area contributed by atoms with Gasteiger partial charge in [-0.1, -0.05) is 6.92 Å². The van der Waals surface area contributed by atoms with E-state index in [-0.39, 0.29) is 29.1 Å². The van der Waals surface area contributed by atoms with Crippen molar-refractivity contribution in [1.82, 2.24) is 5.32 Å². The maximum absolute atomic E-state index is 12.8. The van der Waals surface area contributed by atoms with E-state index >= 15 is 0 Å². The van der Waals surface area contributed by atoms with Crippen molar-refractivity contribution < 1.29 is 17.6 Å². The van der Waals surface area contributed by atoms with Crippen molar-refractivity contribution in [1.29, 1.82) is 0 Å². The highest BCUT2D eigenvalue weighted by atomic mass is 32.2. The Kier molecular flexibility index (Phi) is 5.64. The second kappa shape index (κ2) is 6.81. The summed E-state index contributed by atoms with van der Waals surface area (Å²) in [5.41, 5.74) is 5.38. The number of sulfone groups is 1. The third-order valence-electron chi connectivity index (χ3n) is 2.83. The van der Waals surface area contributed by atoms with E-state index in [1.54, 1.807) is 6.92 Å². The van der Waals surface area contributed by atoms with Crippen LogP contribution in [0, 0.1) is 11.7 Å². The summed E-state index contributed by atoms with van der Waals surface area (Å²) in [7, 11) is -3.62. The van der Waals surface area contributed by atoms with Gasteiger partial charge in [-0.3, -0.25) is 4.79 Å². The van der Waals surface area contributed by atoms with Crippen molar-refractivity contribution in [2.24, 2.45) is 11.7 Å². The lowest BCUT2D eigenvalue weighted by Crippen LogP contribution is -2.42. The molecule has 1 unspecified atom stereocenters. The number of rotatable bonds is 6. The van der Waals surface area contributed by atoms with Crippen molar-refractivity contribution in [3.63, 3.8) is 0 Å². The van der Waals surface area contributed by atoms with Gasteiger partial charge in [0.2, 0.25) is 5.91 Å². The lowest BCUT2D eigenvalue weighted by molar-refractivity contribution is -0.124. The molecule has 0 aliphatic heterocycles. The minimum atomic E-state index is -3.62. The molecule has 20 heavy (non-hydrogen) atoms. The van der Waals surface area contributed by atoms with Gasteiger partial charge in [0.1, 0.15) is 5.82 Å². The summed E-state index contributed by atoms with van der Waals surface area (Å²) in [6.07, 6.45) is 0. The Morgan fingerprint density at radius 1 is 1.30 bits per heavy atom. The highest BCUT2D eigenvalue weighted by molar-refractivity contribution is 7.91. The first-order chi connectivity index (χ1) is 9.26. The number of benzene rings is 1. The van der Waals surface area contributed by atoms with Gasteiger partial charge in [-0.05, 0) is 31.2 Å². The zero-order valence-electron chi connectivity index (χ0n) is 11.5. The molecular weight excluding hydrogens is 283 g/mol. The molecule has 7 heteroatoms. The largest absolute Gasteiger partial charge is 0.352 e. The van der Waals surface area contributed by atoms with Crippen molar-refractivity contribution >= 4 is 15.7 Å². The summed E-state index contributed by atoms with van der Waals surface area (Å²) < 4.78 is 37.0. The Labute approximate surface area is 118 Å². The van der Waals surface area contributed by atoms with Crippen LogP contribution in [-0.4, -0.2) is 32.7 Å². The molecule has 0 aliphatic carbocycles. The number of carbonyl (C=O) groups is 1. The number of nitrogens with two attached hydrogens (primary N) is 1. The summed E-state index contributed by atoms with van der Waals surface area (Å²) in [5, 5.41) is 2.62. The van der Waals surface area contributed by atoms with Gasteiger partial charge >= 0.3 is 0 Å². The van der Waals surface area contributed by atoms with Crippen LogP contribution in [0.2, 0.25) is 0 Å². The summed E-state index contributed by atoms with van der Waals surface area (Å²) in [4.78, 5) is 11.8. The van der Waals surface area contributed by atoms with Crippen LogP contribution in [0.5, 0.6) is 0 Å². The molecule has 0 saturated carbocycles. The van der Waals surface area contributed by atoms with Crippen LogP contribution in [0.15, 0.2) is 29.2 Å². The van der Waals surface area contributed by atoms with E-state index in [4.69, 9.17) is 5.73 Å². The number of nitrogens with one attached hydrogen (secondary N) is 1. The second-order valence-electron chi connectivity index (χ2n) is 4.78. The number of amides is 1. The van der Waals surface area contributed by atoms with Crippen molar-refractivity contribution in [2.45, 2.75) is 24.8 Å². The fourth-order valence-corrected chi connectivity index (χ4v) is 3.14. The Hall–Kier alpha value is -1.47. The van der Waals surface area contributed by atoms with Crippen LogP contribution >= 0.6 is 0 Å². The van der Waals surface area contributed by atoms with Crippen molar-refractivity contribution in [3.05, 3.63) is 30.1 Å². The van der Waals surface area contributed by atoms with E-state index in [1.807, 2.05) is 0 Å². The third kappa shape index (κ3) is 4.57. The normalized spacial score (nSPS) is 14.6. The van der Waals surface area contributed by atoms with Crippen LogP contribution in [0.4, 0.5) is 4.39 Å². The highest BCUT2D eigenvalue weighted by Gasteiger charge is 2.23. The quantitative estimate of drug-likeness (QED) is 0.757. The first-order valence-electron chi connectivity index (χ1n) is 6.25. The predicted octanol–water partition coefficient (Wildman–Crippen LogP) is 0.699. The van der Waals surface area contributed by atoms with Gasteiger partial charge in [0.05, 0.1) is 10.6 Å². The standard InChI is InChI=1S/C13H19FN2O3S/c1-9(13(17)16-10(2)7-15)8-20(18,19)12-5-3-11(14)4-6-12/h3-6,9-10H,7-8,15H2,1-2H3,(H,16,17)/t9?,10-/m0/s1. The van der Waals surface area contributed by atoms with Crippen LogP contribution in [0.1, 0.15) is 13.8 Å². The molecule has 1 aromatic rings. The molecule has 1 rings (SSSR count). The van der Waals surface area contributed by atoms with E-state index < -0.39 is 21.6 Å². The molecule has 3 N–H and O–H groups in total. The fourth-order valence-electron chi connectivity index (χ4n) is 1.59. The van der Waals surface area contributed by atoms with Crippen LogP contribution in [0.25, 0.3) is 0 Å². The maximum Gasteiger partial charge on any atom is 0.224 e. The van der Waals surface area contributed by atoms with Gasteiger partial charge < -0.3 is 11.1 Å². The zero-order chi connectivity index (χ0) is 15.3. The number of carbonyl (C=O) groups excluding carboxylic acids is 1. The van der Waals surface area contributed by atoms with Gasteiger partial charge in [-0.15, -0.1) is 0 Å². The lowest BCUT2D eigenvalue weighted by Gasteiger charge is -2.16. The Bertz CT molecular complexity index is 557. The van der Waals surface area contributed by atoms with E-state index in [9.17, 15) is 17.6 Å². The maximum atomic E-state index is 12.8. The van der Waals surface area contributed by atoms with Crippen molar-refractivity contribution in [3.8, 4) is 0 Å². The van der Waals surface area contributed by atoms with Crippen LogP contribution in [-0.2, 0) is 14.6 Å². The highest BCUT2D eigenvalue weighted by Crippen LogP contribution is 2.15. The molecule has 5 nitrogen and oxygen atoms in total. The number of halogens is 1. The van der Waals surface area contributed by atoms with Crippen LogP contribution in [0.3, 0.4) is 0 Å². The summed E-state index contributed by atoms with van der Waals surface area (Å²) in [5.74, 6) is -1.92. The Balaban J connectivity index is 2.75. The lowest BCUT2D eigenvalue weighted by atomic mass is 10.2. The van der Waals surface area contributed by atoms with Gasteiger partial charge in [-0.2, -0.15) is 0 Å². The molecule has 112 valence electrons. The molecule has 0 heterocycles. The molecule has 0 aromatic heterocycles. The van der Waals surface area contributed by atoms with E-state index in [2.05, 4.69) is 5.32 Å². The van der Waals surface area contributed by atoms with E-state index in [0.29, 0.717) is 0 Å². The first kappa shape index (κ1) is 16.6. The first-order valence-corrected chi connectivity index (χ1v) is 7.90. The molecule has 0 radical (unpaired) electrons. The molecule has 0 saturated heterocycles. The average Bonchev–Trinajstić information content (AvgIpc) is 2.38. The summed E-state index contributed by atoms with van der Waals surface area (Å²) >= 11 is 0. The molecule has 0 aliphatic rings. The Morgan fingerprint density at radius 2 is 1.85 bits per heavy atom. The van der Waals surface area contributed by atoms with E-state index in [1.165, 1.54) is 19.1 Å². The second-order valence-corrected chi connectivity index (χ2v) is 6.82. The minimum Gasteiger partial charge on any atom is -0.352 e. The third-order valence-corrected chi connectivity index (χ3v) is 4.76. The fraction of sp³-hybridized carbons (Fsp3) is 0.462. The van der Waals surface area contributed by atoms with Gasteiger partial charge in [-0.25, -0.2) is 12.8 Å².